The van der Waals surface area contributed by atoms with Crippen LogP contribution in [0.3, 0.4) is 0 Å². The summed E-state index contributed by atoms with van der Waals surface area (Å²) in [4.78, 5) is 0. The molecule has 3 aromatic carbocycles. The highest BCUT2D eigenvalue weighted by Gasteiger charge is 2.08. The molecule has 1 heteroatoms. The van der Waals surface area contributed by atoms with Crippen LogP contribution in [0.1, 0.15) is 24.0 Å². The van der Waals surface area contributed by atoms with Crippen LogP contribution < -0.4 is 4.74 Å². The number of fused-ring (bicyclic) bond motifs is 1. The minimum atomic E-state index is 0.405. The molecule has 0 aliphatic rings. The third-order valence-corrected chi connectivity index (χ3v) is 3.87. The maximum absolute atomic E-state index is 5.27. The van der Waals surface area contributed by atoms with Crippen LogP contribution in [-0.4, -0.2) is 7.11 Å². The first-order chi connectivity index (χ1) is 9.78. The van der Waals surface area contributed by atoms with E-state index in [2.05, 4.69) is 67.6 Å². The topological polar surface area (TPSA) is 9.23 Å². The van der Waals surface area contributed by atoms with Gasteiger partial charge in [-0.15, -0.1) is 0 Å². The fourth-order valence-corrected chi connectivity index (χ4v) is 2.57. The maximum Gasteiger partial charge on any atom is 0.119 e. The van der Waals surface area contributed by atoms with Crippen molar-refractivity contribution in [2.45, 2.75) is 12.8 Å². The summed E-state index contributed by atoms with van der Waals surface area (Å²) in [6.07, 6.45) is 0. The predicted octanol–water partition coefficient (Wildman–Crippen LogP) is 5.00. The van der Waals surface area contributed by atoms with Crippen molar-refractivity contribution >= 4 is 10.8 Å². The lowest BCUT2D eigenvalue weighted by Gasteiger charge is -2.13. The summed E-state index contributed by atoms with van der Waals surface area (Å²) in [5.74, 6) is 1.31. The third kappa shape index (κ3) is 2.39. The second-order valence-electron chi connectivity index (χ2n) is 5.10. The molecule has 0 fully saturated rings. The summed E-state index contributed by atoms with van der Waals surface area (Å²) in [7, 11) is 1.70. The van der Waals surface area contributed by atoms with E-state index >= 15 is 0 Å². The summed E-state index contributed by atoms with van der Waals surface area (Å²) in [5, 5.41) is 2.47. The maximum atomic E-state index is 5.27. The highest BCUT2D eigenvalue weighted by molar-refractivity contribution is 5.84. The second kappa shape index (κ2) is 5.38. The van der Waals surface area contributed by atoms with Gasteiger partial charge in [-0.3, -0.25) is 0 Å². The summed E-state index contributed by atoms with van der Waals surface area (Å²) in [6.45, 7) is 2.25. The lowest BCUT2D eigenvalue weighted by atomic mass is 9.91. The molecule has 0 aliphatic carbocycles. The Hall–Kier alpha value is -2.28. The lowest BCUT2D eigenvalue weighted by molar-refractivity contribution is 0.415. The Bertz CT molecular complexity index is 716. The van der Waals surface area contributed by atoms with E-state index in [1.807, 2.05) is 6.07 Å². The number of hydrogen-bond donors (Lipinski definition) is 0. The molecular formula is C19H18O. The van der Waals surface area contributed by atoms with E-state index in [1.165, 1.54) is 21.9 Å². The first-order valence-electron chi connectivity index (χ1n) is 6.90. The first-order valence-corrected chi connectivity index (χ1v) is 6.90. The van der Waals surface area contributed by atoms with Gasteiger partial charge in [0.2, 0.25) is 0 Å². The van der Waals surface area contributed by atoms with Crippen molar-refractivity contribution in [2.24, 2.45) is 0 Å². The Morgan fingerprint density at radius 2 is 1.45 bits per heavy atom. The number of benzene rings is 3. The number of hydrogen-bond acceptors (Lipinski definition) is 1. The zero-order valence-electron chi connectivity index (χ0n) is 11.8. The fourth-order valence-electron chi connectivity index (χ4n) is 2.57. The minimum absolute atomic E-state index is 0.405. The van der Waals surface area contributed by atoms with E-state index < -0.39 is 0 Å². The Balaban J connectivity index is 2.01. The van der Waals surface area contributed by atoms with Gasteiger partial charge in [-0.1, -0.05) is 61.5 Å². The van der Waals surface area contributed by atoms with Crippen molar-refractivity contribution in [2.75, 3.05) is 7.11 Å². The Labute approximate surface area is 119 Å². The van der Waals surface area contributed by atoms with Crippen LogP contribution in [0.5, 0.6) is 5.75 Å². The Kier molecular flexibility index (Phi) is 3.42. The van der Waals surface area contributed by atoms with E-state index in [4.69, 9.17) is 4.74 Å². The number of methoxy groups -OCH3 is 1. The van der Waals surface area contributed by atoms with Crippen molar-refractivity contribution in [3.05, 3.63) is 77.9 Å². The number of rotatable bonds is 3. The molecule has 0 bridgehead atoms. The van der Waals surface area contributed by atoms with E-state index in [9.17, 15) is 0 Å². The molecule has 0 radical (unpaired) electrons. The van der Waals surface area contributed by atoms with E-state index in [1.54, 1.807) is 7.11 Å². The molecule has 3 rings (SSSR count). The molecule has 1 nitrogen and oxygen atoms in total. The van der Waals surface area contributed by atoms with Crippen LogP contribution >= 0.6 is 0 Å². The molecule has 3 aromatic rings. The van der Waals surface area contributed by atoms with Gasteiger partial charge in [0.15, 0.2) is 0 Å². The molecule has 0 saturated heterocycles. The fraction of sp³-hybridized carbons (Fsp3) is 0.158. The molecule has 0 N–H and O–H groups in total. The van der Waals surface area contributed by atoms with E-state index in [0.29, 0.717) is 5.92 Å². The van der Waals surface area contributed by atoms with Crippen molar-refractivity contribution in [3.63, 3.8) is 0 Å². The summed E-state index contributed by atoms with van der Waals surface area (Å²) in [6, 6.07) is 23.5. The largest absolute Gasteiger partial charge is 0.497 e. The van der Waals surface area contributed by atoms with Gasteiger partial charge < -0.3 is 4.74 Å². The molecule has 0 spiro atoms. The summed E-state index contributed by atoms with van der Waals surface area (Å²) < 4.78 is 5.27. The van der Waals surface area contributed by atoms with Crippen LogP contribution in [-0.2, 0) is 0 Å². The van der Waals surface area contributed by atoms with Gasteiger partial charge in [-0.2, -0.15) is 0 Å². The van der Waals surface area contributed by atoms with E-state index in [0.717, 1.165) is 5.75 Å². The normalized spacial score (nSPS) is 12.3. The van der Waals surface area contributed by atoms with Crippen molar-refractivity contribution in [1.82, 2.24) is 0 Å². The molecule has 1 atom stereocenters. The monoisotopic (exact) mass is 262 g/mol. The summed E-state index contributed by atoms with van der Waals surface area (Å²) in [5.41, 5.74) is 2.69. The molecule has 100 valence electrons. The molecule has 0 saturated carbocycles. The van der Waals surface area contributed by atoms with Crippen LogP contribution in [0.15, 0.2) is 66.7 Å². The first kappa shape index (κ1) is 12.7. The van der Waals surface area contributed by atoms with Gasteiger partial charge in [0.1, 0.15) is 5.75 Å². The highest BCUT2D eigenvalue weighted by Crippen LogP contribution is 2.28. The Morgan fingerprint density at radius 1 is 0.750 bits per heavy atom. The minimum Gasteiger partial charge on any atom is -0.497 e. The Morgan fingerprint density at radius 3 is 2.20 bits per heavy atom. The zero-order valence-corrected chi connectivity index (χ0v) is 11.8. The molecule has 0 amide bonds. The van der Waals surface area contributed by atoms with Crippen LogP contribution in [0.25, 0.3) is 10.8 Å². The van der Waals surface area contributed by atoms with Gasteiger partial charge in [-0.25, -0.2) is 0 Å². The molecule has 0 aromatic heterocycles. The molecule has 0 aliphatic heterocycles. The molecule has 1 unspecified atom stereocenters. The second-order valence-corrected chi connectivity index (χ2v) is 5.10. The quantitative estimate of drug-likeness (QED) is 0.645. The van der Waals surface area contributed by atoms with E-state index in [-0.39, 0.29) is 0 Å². The van der Waals surface area contributed by atoms with Crippen LogP contribution in [0.2, 0.25) is 0 Å². The predicted molar refractivity (Wildman–Crippen MR) is 84.5 cm³/mol. The molecular weight excluding hydrogens is 244 g/mol. The molecule has 0 heterocycles. The van der Waals surface area contributed by atoms with Gasteiger partial charge in [0.05, 0.1) is 7.11 Å². The van der Waals surface area contributed by atoms with Crippen molar-refractivity contribution < 1.29 is 4.74 Å². The van der Waals surface area contributed by atoms with Gasteiger partial charge in [0.25, 0.3) is 0 Å². The van der Waals surface area contributed by atoms with Crippen molar-refractivity contribution in [1.29, 1.82) is 0 Å². The highest BCUT2D eigenvalue weighted by atomic mass is 16.5. The number of ether oxygens (including phenoxy) is 1. The lowest BCUT2D eigenvalue weighted by Crippen LogP contribution is -1.95. The zero-order chi connectivity index (χ0) is 13.9. The smallest absolute Gasteiger partial charge is 0.119 e. The molecule has 20 heavy (non-hydrogen) atoms. The standard InChI is InChI=1S/C19H18O/c1-14(15-6-4-3-5-7-15)16-8-9-18-13-19(20-2)11-10-17(18)12-16/h3-14H,1-2H3. The summed E-state index contributed by atoms with van der Waals surface area (Å²) >= 11 is 0. The van der Waals surface area contributed by atoms with Gasteiger partial charge in [0, 0.05) is 5.92 Å². The van der Waals surface area contributed by atoms with Gasteiger partial charge >= 0.3 is 0 Å². The van der Waals surface area contributed by atoms with Crippen molar-refractivity contribution in [3.8, 4) is 5.75 Å². The van der Waals surface area contributed by atoms with Gasteiger partial charge in [-0.05, 0) is 34.0 Å². The SMILES string of the molecule is COc1ccc2cc(C(C)c3ccccc3)ccc2c1. The average molecular weight is 262 g/mol. The van der Waals surface area contributed by atoms with Crippen LogP contribution in [0.4, 0.5) is 0 Å². The van der Waals surface area contributed by atoms with Crippen LogP contribution in [0, 0.1) is 0 Å². The average Bonchev–Trinajstić information content (AvgIpc) is 2.54. The third-order valence-electron chi connectivity index (χ3n) is 3.87.